The first-order chi connectivity index (χ1) is 28.0. The van der Waals surface area contributed by atoms with Crippen LogP contribution in [-0.4, -0.2) is 73.4 Å². The molecule has 0 radical (unpaired) electrons. The predicted molar refractivity (Wildman–Crippen MR) is 249 cm³/mol. The number of hydrogen-bond acceptors (Lipinski definition) is 5. The maximum atomic E-state index is 12.9. The van der Waals surface area contributed by atoms with E-state index in [0.717, 1.165) is 38.5 Å². The van der Waals surface area contributed by atoms with Crippen LogP contribution in [0.1, 0.15) is 232 Å². The number of aliphatic hydroxyl groups is 1. The van der Waals surface area contributed by atoms with E-state index >= 15 is 0 Å². The summed E-state index contributed by atoms with van der Waals surface area (Å²) in [6, 6.07) is -0.843. The molecule has 0 rings (SSSR count). The van der Waals surface area contributed by atoms with Gasteiger partial charge in [-0.25, -0.2) is 4.57 Å². The normalized spacial score (nSPS) is 14.4. The number of aliphatic hydroxyl groups excluding tert-OH is 1. The van der Waals surface area contributed by atoms with Crippen LogP contribution < -0.4 is 5.32 Å². The standard InChI is InChI=1S/C49H97N2O6P/c1-6-8-10-12-14-16-18-20-22-23-24-25-26-27-29-31-33-35-37-39-41-43-49(53)50-47(46-57-58(54,55)56-45-44-51(3,4)5)48(52)42-40-38-36-34-32-30-28-21-19-17-15-13-11-9-7-2/h20,22,40,42,47-48,52H,6-19,21,23-39,41,43-46H2,1-5H3,(H-,50,53,54,55)/p+1/b22-20+,42-40+/t47-,48+/m0/s1. The molecule has 0 heterocycles. The number of nitrogens with one attached hydrogen (secondary N) is 1. The second kappa shape index (κ2) is 41.3. The Morgan fingerprint density at radius 3 is 1.33 bits per heavy atom. The molecule has 9 heteroatoms. The Bertz CT molecular complexity index is 1000. The summed E-state index contributed by atoms with van der Waals surface area (Å²) in [4.78, 5) is 23.2. The monoisotopic (exact) mass is 842 g/mol. The molecule has 0 aliphatic rings. The van der Waals surface area contributed by atoms with Gasteiger partial charge in [0.1, 0.15) is 13.2 Å². The average molecular weight is 842 g/mol. The molecule has 0 aliphatic heterocycles. The van der Waals surface area contributed by atoms with E-state index < -0.39 is 20.0 Å². The minimum Gasteiger partial charge on any atom is -0.387 e. The van der Waals surface area contributed by atoms with Crippen LogP contribution in [0.4, 0.5) is 0 Å². The lowest BCUT2D eigenvalue weighted by atomic mass is 10.0. The predicted octanol–water partition coefficient (Wildman–Crippen LogP) is 14.1. The number of carbonyl (C=O) groups is 1. The molecule has 0 spiro atoms. The van der Waals surface area contributed by atoms with Gasteiger partial charge in [0.15, 0.2) is 0 Å². The van der Waals surface area contributed by atoms with E-state index in [9.17, 15) is 19.4 Å². The second-order valence-electron chi connectivity index (χ2n) is 18.2. The molecular weight excluding hydrogens is 744 g/mol. The van der Waals surface area contributed by atoms with Crippen LogP contribution in [0.15, 0.2) is 24.3 Å². The molecule has 8 nitrogen and oxygen atoms in total. The van der Waals surface area contributed by atoms with E-state index in [4.69, 9.17) is 9.05 Å². The molecule has 0 fully saturated rings. The first-order valence-electron chi connectivity index (χ1n) is 24.7. The van der Waals surface area contributed by atoms with Gasteiger partial charge in [-0.3, -0.25) is 13.8 Å². The van der Waals surface area contributed by atoms with Crippen LogP contribution >= 0.6 is 7.82 Å². The minimum atomic E-state index is -4.34. The Kier molecular flexibility index (Phi) is 40.6. The summed E-state index contributed by atoms with van der Waals surface area (Å²) < 4.78 is 23.6. The summed E-state index contributed by atoms with van der Waals surface area (Å²) in [6.07, 6.45) is 49.6. The third kappa shape index (κ3) is 43.1. The molecule has 0 saturated heterocycles. The van der Waals surface area contributed by atoms with Crippen molar-refractivity contribution in [2.24, 2.45) is 0 Å². The topological polar surface area (TPSA) is 105 Å². The highest BCUT2D eigenvalue weighted by Gasteiger charge is 2.27. The van der Waals surface area contributed by atoms with Crippen LogP contribution in [0.5, 0.6) is 0 Å². The number of nitrogens with zero attached hydrogens (tertiary/aromatic N) is 1. The van der Waals surface area contributed by atoms with E-state index in [1.165, 1.54) is 173 Å². The van der Waals surface area contributed by atoms with Gasteiger partial charge in [-0.2, -0.15) is 0 Å². The first-order valence-corrected chi connectivity index (χ1v) is 26.2. The minimum absolute atomic E-state index is 0.0629. The molecule has 3 atom stereocenters. The van der Waals surface area contributed by atoms with Crippen LogP contribution in [0.25, 0.3) is 0 Å². The largest absolute Gasteiger partial charge is 0.472 e. The Morgan fingerprint density at radius 2 is 0.931 bits per heavy atom. The third-order valence-electron chi connectivity index (χ3n) is 11.2. The molecule has 1 unspecified atom stereocenters. The summed E-state index contributed by atoms with van der Waals surface area (Å²) in [5.41, 5.74) is 0. The quantitative estimate of drug-likeness (QED) is 0.0244. The van der Waals surface area contributed by atoms with Gasteiger partial charge in [-0.05, 0) is 44.9 Å². The summed E-state index contributed by atoms with van der Waals surface area (Å²) in [5, 5.41) is 13.9. The summed E-state index contributed by atoms with van der Waals surface area (Å²) in [6.45, 7) is 4.83. The summed E-state index contributed by atoms with van der Waals surface area (Å²) in [7, 11) is 1.58. The molecule has 58 heavy (non-hydrogen) atoms. The van der Waals surface area contributed by atoms with Crippen molar-refractivity contribution < 1.29 is 32.9 Å². The number of phosphoric acid groups is 1. The third-order valence-corrected chi connectivity index (χ3v) is 12.1. The van der Waals surface area contributed by atoms with Crippen molar-refractivity contribution in [2.75, 3.05) is 40.9 Å². The highest BCUT2D eigenvalue weighted by Crippen LogP contribution is 2.43. The number of allylic oxidation sites excluding steroid dienone is 3. The number of unbranched alkanes of at least 4 members (excludes halogenated alkanes) is 30. The fourth-order valence-electron chi connectivity index (χ4n) is 7.21. The van der Waals surface area contributed by atoms with Crippen LogP contribution in [0.2, 0.25) is 0 Å². The Morgan fingerprint density at radius 1 is 0.569 bits per heavy atom. The molecule has 0 saturated carbocycles. The molecule has 0 aliphatic carbocycles. The van der Waals surface area contributed by atoms with Crippen molar-refractivity contribution >= 4 is 13.7 Å². The van der Waals surface area contributed by atoms with Crippen LogP contribution in [0, 0.1) is 0 Å². The van der Waals surface area contributed by atoms with Gasteiger partial charge in [0.05, 0.1) is 39.9 Å². The van der Waals surface area contributed by atoms with Crippen molar-refractivity contribution in [2.45, 2.75) is 244 Å². The summed E-state index contributed by atoms with van der Waals surface area (Å²) in [5.74, 6) is -0.176. The lowest BCUT2D eigenvalue weighted by molar-refractivity contribution is -0.870. The van der Waals surface area contributed by atoms with Crippen LogP contribution in [-0.2, 0) is 18.4 Å². The van der Waals surface area contributed by atoms with Crippen molar-refractivity contribution in [1.29, 1.82) is 0 Å². The smallest absolute Gasteiger partial charge is 0.387 e. The summed E-state index contributed by atoms with van der Waals surface area (Å²) >= 11 is 0. The van der Waals surface area contributed by atoms with E-state index in [-0.39, 0.29) is 19.1 Å². The lowest BCUT2D eigenvalue weighted by Crippen LogP contribution is -2.45. The maximum Gasteiger partial charge on any atom is 0.472 e. The molecular formula is C49H98N2O6P+. The molecule has 0 aromatic heterocycles. The number of rotatable bonds is 45. The number of quaternary nitrogens is 1. The molecule has 1 amide bonds. The highest BCUT2D eigenvalue weighted by atomic mass is 31.2. The number of hydrogen-bond donors (Lipinski definition) is 3. The van der Waals surface area contributed by atoms with E-state index in [1.54, 1.807) is 6.08 Å². The van der Waals surface area contributed by atoms with Gasteiger partial charge in [0.2, 0.25) is 5.91 Å². The van der Waals surface area contributed by atoms with Gasteiger partial charge in [0.25, 0.3) is 0 Å². The number of carbonyl (C=O) groups excluding carboxylic acids is 1. The molecule has 0 bridgehead atoms. The van der Waals surface area contributed by atoms with Gasteiger partial charge < -0.3 is 19.8 Å². The SMILES string of the molecule is CCCCCCCC/C=C/CCCCCCCCCCCCCC(=O)N[C@@H](COP(=O)(O)OCC[N+](C)(C)C)[C@H](O)/C=C/CCCCCCCCCCCCCCC. The number of amides is 1. The van der Waals surface area contributed by atoms with E-state index in [0.29, 0.717) is 17.4 Å². The zero-order valence-corrected chi connectivity index (χ0v) is 39.9. The molecule has 344 valence electrons. The number of likely N-dealkylation sites (N-methyl/N-ethyl adjacent to an activating group) is 1. The zero-order chi connectivity index (χ0) is 42.8. The number of phosphoric ester groups is 1. The Balaban J connectivity index is 4.30. The maximum absolute atomic E-state index is 12.9. The lowest BCUT2D eigenvalue weighted by Gasteiger charge is -2.25. The Labute approximate surface area is 360 Å². The second-order valence-corrected chi connectivity index (χ2v) is 19.6. The molecule has 3 N–H and O–H groups in total. The Hall–Kier alpha value is -1.02. The van der Waals surface area contributed by atoms with Crippen LogP contribution in [0.3, 0.4) is 0 Å². The average Bonchev–Trinajstić information content (AvgIpc) is 3.17. The fraction of sp³-hybridized carbons (Fsp3) is 0.898. The van der Waals surface area contributed by atoms with E-state index in [1.807, 2.05) is 27.2 Å². The zero-order valence-electron chi connectivity index (χ0n) is 39.0. The fourth-order valence-corrected chi connectivity index (χ4v) is 7.95. The van der Waals surface area contributed by atoms with Crippen molar-refractivity contribution in [3.8, 4) is 0 Å². The van der Waals surface area contributed by atoms with Crippen molar-refractivity contribution in [1.82, 2.24) is 5.32 Å². The molecule has 0 aromatic carbocycles. The van der Waals surface area contributed by atoms with Gasteiger partial charge in [0, 0.05) is 6.42 Å². The van der Waals surface area contributed by atoms with Gasteiger partial charge >= 0.3 is 7.82 Å². The first kappa shape index (κ1) is 57.0. The van der Waals surface area contributed by atoms with Gasteiger partial charge in [-0.15, -0.1) is 0 Å². The van der Waals surface area contributed by atoms with Crippen molar-refractivity contribution in [3.63, 3.8) is 0 Å². The van der Waals surface area contributed by atoms with E-state index in [2.05, 4.69) is 31.3 Å². The highest BCUT2D eigenvalue weighted by molar-refractivity contribution is 7.47. The molecule has 0 aromatic rings. The van der Waals surface area contributed by atoms with Gasteiger partial charge in [-0.1, -0.05) is 205 Å². The van der Waals surface area contributed by atoms with Crippen molar-refractivity contribution in [3.05, 3.63) is 24.3 Å².